The molecule has 3 N–H and O–H groups in total. The maximum atomic E-state index is 5.75. The molecule has 0 aliphatic rings. The van der Waals surface area contributed by atoms with Crippen molar-refractivity contribution < 1.29 is 0 Å². The molecule has 0 saturated carbocycles. The molecule has 0 radical (unpaired) electrons. The number of anilines is 1. The summed E-state index contributed by atoms with van der Waals surface area (Å²) in [6.45, 7) is 2.79. The van der Waals surface area contributed by atoms with Crippen LogP contribution in [0.5, 0.6) is 0 Å². The smallest absolute Gasteiger partial charge is 0.143 e. The standard InChI is InChI=1S/C8H13BrN4/c1-2-6(10)3-12-8-7(9)4-11-5-13-8/h4-6H,2-3,10H2,1H3,(H,11,12,13). The zero-order chi connectivity index (χ0) is 9.68. The summed E-state index contributed by atoms with van der Waals surface area (Å²) in [5.74, 6) is 0.791. The van der Waals surface area contributed by atoms with Gasteiger partial charge in [0.15, 0.2) is 0 Å². The molecule has 72 valence electrons. The highest BCUT2D eigenvalue weighted by atomic mass is 79.9. The van der Waals surface area contributed by atoms with Gasteiger partial charge < -0.3 is 11.1 Å². The van der Waals surface area contributed by atoms with E-state index in [2.05, 4.69) is 38.1 Å². The molecular weight excluding hydrogens is 232 g/mol. The second kappa shape index (κ2) is 5.14. The van der Waals surface area contributed by atoms with Gasteiger partial charge in [-0.3, -0.25) is 0 Å². The third kappa shape index (κ3) is 3.28. The van der Waals surface area contributed by atoms with Crippen LogP contribution >= 0.6 is 15.9 Å². The summed E-state index contributed by atoms with van der Waals surface area (Å²) < 4.78 is 0.860. The van der Waals surface area contributed by atoms with Crippen LogP contribution in [0.15, 0.2) is 17.0 Å². The number of aromatic nitrogens is 2. The van der Waals surface area contributed by atoms with Crippen molar-refractivity contribution in [2.75, 3.05) is 11.9 Å². The summed E-state index contributed by atoms with van der Waals surface area (Å²) >= 11 is 3.34. The molecule has 0 aliphatic heterocycles. The Balaban J connectivity index is 2.50. The predicted octanol–water partition coefficient (Wildman–Crippen LogP) is 1.39. The number of nitrogens with zero attached hydrogens (tertiary/aromatic N) is 2. The molecule has 1 rings (SSSR count). The molecule has 1 unspecified atom stereocenters. The van der Waals surface area contributed by atoms with E-state index in [-0.39, 0.29) is 6.04 Å². The van der Waals surface area contributed by atoms with Crippen LogP contribution in [-0.4, -0.2) is 22.6 Å². The van der Waals surface area contributed by atoms with Gasteiger partial charge in [0.2, 0.25) is 0 Å². The zero-order valence-electron chi connectivity index (χ0n) is 7.50. The van der Waals surface area contributed by atoms with Crippen LogP contribution in [0.4, 0.5) is 5.82 Å². The lowest BCUT2D eigenvalue weighted by molar-refractivity contribution is 0.677. The third-order valence-electron chi connectivity index (χ3n) is 1.72. The first-order chi connectivity index (χ1) is 6.24. The zero-order valence-corrected chi connectivity index (χ0v) is 9.08. The van der Waals surface area contributed by atoms with E-state index in [0.29, 0.717) is 0 Å². The van der Waals surface area contributed by atoms with Gasteiger partial charge in [-0.2, -0.15) is 0 Å². The summed E-state index contributed by atoms with van der Waals surface area (Å²) in [5.41, 5.74) is 5.75. The summed E-state index contributed by atoms with van der Waals surface area (Å²) in [6.07, 6.45) is 4.16. The second-order valence-electron chi connectivity index (χ2n) is 2.77. The Labute approximate surface area is 86.1 Å². The Morgan fingerprint density at radius 3 is 3.08 bits per heavy atom. The Kier molecular flexibility index (Phi) is 4.11. The van der Waals surface area contributed by atoms with E-state index in [4.69, 9.17) is 5.73 Å². The topological polar surface area (TPSA) is 63.8 Å². The van der Waals surface area contributed by atoms with Gasteiger partial charge in [-0.15, -0.1) is 0 Å². The van der Waals surface area contributed by atoms with Crippen molar-refractivity contribution >= 4 is 21.7 Å². The maximum Gasteiger partial charge on any atom is 0.143 e. The molecule has 1 aromatic rings. The molecule has 0 spiro atoms. The van der Waals surface area contributed by atoms with Gasteiger partial charge in [-0.05, 0) is 22.4 Å². The fourth-order valence-corrected chi connectivity index (χ4v) is 1.18. The van der Waals surface area contributed by atoms with Gasteiger partial charge >= 0.3 is 0 Å². The first kappa shape index (κ1) is 10.4. The lowest BCUT2D eigenvalue weighted by atomic mass is 10.2. The first-order valence-electron chi connectivity index (χ1n) is 4.19. The van der Waals surface area contributed by atoms with E-state index in [1.165, 1.54) is 6.33 Å². The Bertz CT molecular complexity index is 266. The molecule has 13 heavy (non-hydrogen) atoms. The highest BCUT2D eigenvalue weighted by molar-refractivity contribution is 9.10. The second-order valence-corrected chi connectivity index (χ2v) is 3.62. The monoisotopic (exact) mass is 244 g/mol. The van der Waals surface area contributed by atoms with E-state index in [1.54, 1.807) is 6.20 Å². The number of nitrogens with one attached hydrogen (secondary N) is 1. The van der Waals surface area contributed by atoms with Crippen molar-refractivity contribution in [1.82, 2.24) is 9.97 Å². The number of hydrogen-bond donors (Lipinski definition) is 2. The fourth-order valence-electron chi connectivity index (χ4n) is 0.815. The summed E-state index contributed by atoms with van der Waals surface area (Å²) in [6, 6.07) is 0.168. The van der Waals surface area contributed by atoms with Gasteiger partial charge in [-0.25, -0.2) is 9.97 Å². The highest BCUT2D eigenvalue weighted by Crippen LogP contribution is 2.16. The van der Waals surface area contributed by atoms with Crippen LogP contribution in [0, 0.1) is 0 Å². The average molecular weight is 245 g/mol. The average Bonchev–Trinajstić information content (AvgIpc) is 2.16. The molecule has 0 amide bonds. The summed E-state index contributed by atoms with van der Waals surface area (Å²) in [5, 5.41) is 3.14. The molecule has 0 fully saturated rings. The van der Waals surface area contributed by atoms with Crippen molar-refractivity contribution in [2.45, 2.75) is 19.4 Å². The van der Waals surface area contributed by atoms with Crippen LogP contribution in [0.25, 0.3) is 0 Å². The van der Waals surface area contributed by atoms with Gasteiger partial charge in [0.1, 0.15) is 12.1 Å². The Morgan fingerprint density at radius 1 is 1.69 bits per heavy atom. The quantitative estimate of drug-likeness (QED) is 0.841. The van der Waals surface area contributed by atoms with Crippen molar-refractivity contribution in [3.05, 3.63) is 17.0 Å². The number of nitrogens with two attached hydrogens (primary N) is 1. The lowest BCUT2D eigenvalue weighted by Gasteiger charge is -2.11. The highest BCUT2D eigenvalue weighted by Gasteiger charge is 2.02. The van der Waals surface area contributed by atoms with Crippen LogP contribution < -0.4 is 11.1 Å². The minimum atomic E-state index is 0.168. The SMILES string of the molecule is CCC(N)CNc1ncncc1Br. The van der Waals surface area contributed by atoms with E-state index in [9.17, 15) is 0 Å². The van der Waals surface area contributed by atoms with Crippen molar-refractivity contribution in [3.63, 3.8) is 0 Å². The Morgan fingerprint density at radius 2 is 2.46 bits per heavy atom. The molecule has 1 heterocycles. The van der Waals surface area contributed by atoms with Crippen LogP contribution in [0.3, 0.4) is 0 Å². The maximum absolute atomic E-state index is 5.75. The number of hydrogen-bond acceptors (Lipinski definition) is 4. The van der Waals surface area contributed by atoms with E-state index in [0.717, 1.165) is 23.3 Å². The van der Waals surface area contributed by atoms with Gasteiger partial charge in [-0.1, -0.05) is 6.92 Å². The number of halogens is 1. The van der Waals surface area contributed by atoms with Gasteiger partial charge in [0.25, 0.3) is 0 Å². The molecule has 1 atom stereocenters. The molecule has 0 bridgehead atoms. The Hall–Kier alpha value is -0.680. The molecule has 0 aromatic carbocycles. The fraction of sp³-hybridized carbons (Fsp3) is 0.500. The van der Waals surface area contributed by atoms with Crippen LogP contribution in [0.2, 0.25) is 0 Å². The van der Waals surface area contributed by atoms with E-state index < -0.39 is 0 Å². The minimum Gasteiger partial charge on any atom is -0.367 e. The molecule has 1 aromatic heterocycles. The van der Waals surface area contributed by atoms with Crippen molar-refractivity contribution in [1.29, 1.82) is 0 Å². The third-order valence-corrected chi connectivity index (χ3v) is 2.30. The molecule has 0 saturated heterocycles. The predicted molar refractivity (Wildman–Crippen MR) is 56.5 cm³/mol. The number of rotatable bonds is 4. The summed E-state index contributed by atoms with van der Waals surface area (Å²) in [7, 11) is 0. The van der Waals surface area contributed by atoms with Crippen molar-refractivity contribution in [2.24, 2.45) is 5.73 Å². The van der Waals surface area contributed by atoms with Crippen LogP contribution in [-0.2, 0) is 0 Å². The van der Waals surface area contributed by atoms with Crippen molar-refractivity contribution in [3.8, 4) is 0 Å². The summed E-state index contributed by atoms with van der Waals surface area (Å²) in [4.78, 5) is 7.92. The molecule has 0 aliphatic carbocycles. The van der Waals surface area contributed by atoms with E-state index >= 15 is 0 Å². The normalized spacial score (nSPS) is 12.5. The van der Waals surface area contributed by atoms with Gasteiger partial charge in [0, 0.05) is 18.8 Å². The largest absolute Gasteiger partial charge is 0.367 e. The first-order valence-corrected chi connectivity index (χ1v) is 4.98. The van der Waals surface area contributed by atoms with E-state index in [1.807, 2.05) is 0 Å². The molecule has 5 heteroatoms. The lowest BCUT2D eigenvalue weighted by Crippen LogP contribution is -2.28. The van der Waals surface area contributed by atoms with Gasteiger partial charge in [0.05, 0.1) is 4.47 Å². The van der Waals surface area contributed by atoms with Crippen LogP contribution in [0.1, 0.15) is 13.3 Å². The minimum absolute atomic E-state index is 0.168. The molecular formula is C8H13BrN4. The molecule has 4 nitrogen and oxygen atoms in total.